The fourth-order valence-corrected chi connectivity index (χ4v) is 5.07. The smallest absolute Gasteiger partial charge is 0.308 e. The van der Waals surface area contributed by atoms with Gasteiger partial charge in [0.1, 0.15) is 5.60 Å². The minimum atomic E-state index is -0.121. The third kappa shape index (κ3) is 3.59. The molecule has 0 radical (unpaired) electrons. The van der Waals surface area contributed by atoms with Crippen LogP contribution in [0.4, 0.5) is 0 Å². The van der Waals surface area contributed by atoms with Crippen LogP contribution < -0.4 is 0 Å². The lowest BCUT2D eigenvalue weighted by atomic mass is 9.54. The highest BCUT2D eigenvalue weighted by Gasteiger charge is 2.53. The Morgan fingerprint density at radius 2 is 1.71 bits per heavy atom. The molecule has 4 aliphatic rings. The zero-order valence-corrected chi connectivity index (χ0v) is 13.3. The van der Waals surface area contributed by atoms with Gasteiger partial charge in [-0.3, -0.25) is 4.79 Å². The SMILES string of the molecule is COCC(C)OCCC(=O)OC12CC3CC(CC(C3)C1)C2. The summed E-state index contributed by atoms with van der Waals surface area (Å²) in [7, 11) is 1.65. The van der Waals surface area contributed by atoms with Crippen molar-refractivity contribution in [3.8, 4) is 0 Å². The fourth-order valence-electron chi connectivity index (χ4n) is 5.07. The maximum absolute atomic E-state index is 12.1. The van der Waals surface area contributed by atoms with Crippen molar-refractivity contribution >= 4 is 5.97 Å². The molecule has 4 saturated carbocycles. The Hall–Kier alpha value is -0.610. The minimum Gasteiger partial charge on any atom is -0.459 e. The molecule has 0 N–H and O–H groups in total. The number of esters is 1. The van der Waals surface area contributed by atoms with Gasteiger partial charge in [0.15, 0.2) is 0 Å². The number of hydrogen-bond donors (Lipinski definition) is 0. The van der Waals surface area contributed by atoms with Crippen LogP contribution in [-0.4, -0.2) is 38.0 Å². The standard InChI is InChI=1S/C17H28O4/c1-12(11-19-2)20-4-3-16(18)21-17-8-13-5-14(9-17)7-15(6-13)10-17/h12-15H,3-11H2,1-2H3. The summed E-state index contributed by atoms with van der Waals surface area (Å²) in [6.45, 7) is 2.94. The fraction of sp³-hybridized carbons (Fsp3) is 0.941. The molecule has 4 bridgehead atoms. The molecule has 4 heteroatoms. The summed E-state index contributed by atoms with van der Waals surface area (Å²) >= 11 is 0. The third-order valence-electron chi connectivity index (χ3n) is 5.42. The van der Waals surface area contributed by atoms with Crippen LogP contribution in [0.3, 0.4) is 0 Å². The van der Waals surface area contributed by atoms with Crippen LogP contribution >= 0.6 is 0 Å². The van der Waals surface area contributed by atoms with Gasteiger partial charge in [0.05, 0.1) is 25.7 Å². The Kier molecular flexibility index (Phi) is 4.55. The van der Waals surface area contributed by atoms with Crippen LogP contribution in [0, 0.1) is 17.8 Å². The molecule has 1 unspecified atom stereocenters. The van der Waals surface area contributed by atoms with Crippen LogP contribution in [0.15, 0.2) is 0 Å². The molecule has 4 nitrogen and oxygen atoms in total. The zero-order chi connectivity index (χ0) is 14.9. The van der Waals surface area contributed by atoms with E-state index in [1.165, 1.54) is 19.3 Å². The number of hydrogen-bond acceptors (Lipinski definition) is 4. The van der Waals surface area contributed by atoms with E-state index in [4.69, 9.17) is 14.2 Å². The molecule has 0 spiro atoms. The van der Waals surface area contributed by atoms with Crippen molar-refractivity contribution < 1.29 is 19.0 Å². The highest BCUT2D eigenvalue weighted by atomic mass is 16.6. The minimum absolute atomic E-state index is 0.0300. The summed E-state index contributed by atoms with van der Waals surface area (Å²) in [5, 5.41) is 0. The first kappa shape index (κ1) is 15.3. The summed E-state index contributed by atoms with van der Waals surface area (Å²) in [6, 6.07) is 0. The van der Waals surface area contributed by atoms with E-state index in [0.717, 1.165) is 37.0 Å². The second kappa shape index (κ2) is 6.25. The molecule has 0 aromatic rings. The molecule has 0 aromatic heterocycles. The summed E-state index contributed by atoms with van der Waals surface area (Å²) in [5.74, 6) is 2.34. The molecule has 0 saturated heterocycles. The van der Waals surface area contributed by atoms with Crippen LogP contribution in [0.2, 0.25) is 0 Å². The van der Waals surface area contributed by atoms with Gasteiger partial charge in [-0.05, 0) is 63.2 Å². The monoisotopic (exact) mass is 296 g/mol. The van der Waals surface area contributed by atoms with Gasteiger partial charge in [0.25, 0.3) is 0 Å². The lowest BCUT2D eigenvalue weighted by Crippen LogP contribution is -2.52. The summed E-state index contributed by atoms with van der Waals surface area (Å²) in [6.07, 6.45) is 7.80. The van der Waals surface area contributed by atoms with E-state index in [1.807, 2.05) is 6.92 Å². The Bertz CT molecular complexity index is 344. The van der Waals surface area contributed by atoms with E-state index in [1.54, 1.807) is 7.11 Å². The summed E-state index contributed by atoms with van der Waals surface area (Å²) in [4.78, 5) is 12.1. The third-order valence-corrected chi connectivity index (χ3v) is 5.42. The average Bonchev–Trinajstić information content (AvgIpc) is 2.36. The van der Waals surface area contributed by atoms with Crippen molar-refractivity contribution in [2.45, 2.75) is 63.6 Å². The predicted octanol–water partition coefficient (Wildman–Crippen LogP) is 2.94. The topological polar surface area (TPSA) is 44.8 Å². The lowest BCUT2D eigenvalue weighted by Gasteiger charge is -2.55. The average molecular weight is 296 g/mol. The molecular formula is C17H28O4. The molecule has 0 aromatic carbocycles. The first-order chi connectivity index (χ1) is 10.1. The van der Waals surface area contributed by atoms with Gasteiger partial charge in [0.2, 0.25) is 0 Å². The van der Waals surface area contributed by atoms with E-state index in [-0.39, 0.29) is 17.7 Å². The van der Waals surface area contributed by atoms with Crippen molar-refractivity contribution in [3.63, 3.8) is 0 Å². The van der Waals surface area contributed by atoms with Gasteiger partial charge < -0.3 is 14.2 Å². The van der Waals surface area contributed by atoms with Crippen molar-refractivity contribution in [2.75, 3.05) is 20.3 Å². The molecule has 21 heavy (non-hydrogen) atoms. The van der Waals surface area contributed by atoms with E-state index < -0.39 is 0 Å². The number of carbonyl (C=O) groups is 1. The first-order valence-electron chi connectivity index (χ1n) is 8.41. The highest BCUT2D eigenvalue weighted by Crippen LogP contribution is 2.57. The number of methoxy groups -OCH3 is 1. The molecule has 4 aliphatic carbocycles. The van der Waals surface area contributed by atoms with Gasteiger partial charge in [-0.15, -0.1) is 0 Å². The van der Waals surface area contributed by atoms with Crippen LogP contribution in [0.5, 0.6) is 0 Å². The van der Waals surface area contributed by atoms with E-state index in [0.29, 0.717) is 19.6 Å². The molecule has 4 rings (SSSR count). The highest BCUT2D eigenvalue weighted by molar-refractivity contribution is 5.70. The normalized spacial score (nSPS) is 38.5. The van der Waals surface area contributed by atoms with Gasteiger partial charge >= 0.3 is 5.97 Å². The lowest BCUT2D eigenvalue weighted by molar-refractivity contribution is -0.187. The van der Waals surface area contributed by atoms with Crippen LogP contribution in [0.25, 0.3) is 0 Å². The maximum Gasteiger partial charge on any atom is 0.308 e. The largest absolute Gasteiger partial charge is 0.459 e. The number of ether oxygens (including phenoxy) is 3. The Morgan fingerprint density at radius 3 is 2.24 bits per heavy atom. The molecule has 0 amide bonds. The van der Waals surface area contributed by atoms with Crippen molar-refractivity contribution in [1.82, 2.24) is 0 Å². The Morgan fingerprint density at radius 1 is 1.14 bits per heavy atom. The Labute approximate surface area is 127 Å². The summed E-state index contributed by atoms with van der Waals surface area (Å²) in [5.41, 5.74) is -0.121. The predicted molar refractivity (Wildman–Crippen MR) is 78.9 cm³/mol. The summed E-state index contributed by atoms with van der Waals surface area (Å²) < 4.78 is 16.5. The number of rotatable bonds is 7. The molecule has 120 valence electrons. The van der Waals surface area contributed by atoms with E-state index in [2.05, 4.69) is 0 Å². The van der Waals surface area contributed by atoms with Crippen LogP contribution in [-0.2, 0) is 19.0 Å². The van der Waals surface area contributed by atoms with Crippen LogP contribution in [0.1, 0.15) is 51.9 Å². The van der Waals surface area contributed by atoms with Gasteiger partial charge in [0, 0.05) is 7.11 Å². The van der Waals surface area contributed by atoms with E-state index >= 15 is 0 Å². The van der Waals surface area contributed by atoms with Gasteiger partial charge in [-0.25, -0.2) is 0 Å². The molecule has 0 aliphatic heterocycles. The molecule has 0 heterocycles. The van der Waals surface area contributed by atoms with Crippen molar-refractivity contribution in [2.24, 2.45) is 17.8 Å². The molecular weight excluding hydrogens is 268 g/mol. The number of carbonyl (C=O) groups excluding carboxylic acids is 1. The second-order valence-electron chi connectivity index (χ2n) is 7.46. The first-order valence-corrected chi connectivity index (χ1v) is 8.41. The molecule has 4 fully saturated rings. The second-order valence-corrected chi connectivity index (χ2v) is 7.46. The van der Waals surface area contributed by atoms with Crippen molar-refractivity contribution in [3.05, 3.63) is 0 Å². The van der Waals surface area contributed by atoms with Crippen molar-refractivity contribution in [1.29, 1.82) is 0 Å². The quantitative estimate of drug-likeness (QED) is 0.678. The van der Waals surface area contributed by atoms with Gasteiger partial charge in [-0.2, -0.15) is 0 Å². The Balaban J connectivity index is 1.44. The maximum atomic E-state index is 12.1. The zero-order valence-electron chi connectivity index (χ0n) is 13.3. The molecule has 1 atom stereocenters. The van der Waals surface area contributed by atoms with E-state index in [9.17, 15) is 4.79 Å². The van der Waals surface area contributed by atoms with Gasteiger partial charge in [-0.1, -0.05) is 0 Å².